The summed E-state index contributed by atoms with van der Waals surface area (Å²) in [5, 5.41) is 21.9. The summed E-state index contributed by atoms with van der Waals surface area (Å²) in [5.41, 5.74) is 8.03. The monoisotopic (exact) mass is 393 g/mol. The van der Waals surface area contributed by atoms with E-state index in [0.29, 0.717) is 18.1 Å². The van der Waals surface area contributed by atoms with E-state index in [0.717, 1.165) is 17.8 Å². The number of nitrogens with one attached hydrogen (secondary N) is 2. The maximum Gasteiger partial charge on any atom is 0.271 e. The number of nitrogens with two attached hydrogens (primary N) is 1. The van der Waals surface area contributed by atoms with E-state index in [9.17, 15) is 4.79 Å². The van der Waals surface area contributed by atoms with Crippen LogP contribution in [0.3, 0.4) is 0 Å². The molecule has 3 aromatic heterocycles. The lowest BCUT2D eigenvalue weighted by Crippen LogP contribution is -2.17. The Morgan fingerprint density at radius 3 is 2.96 bits per heavy atom. The zero-order valence-electron chi connectivity index (χ0n) is 15.2. The lowest BCUT2D eigenvalue weighted by Gasteiger charge is -2.11. The van der Waals surface area contributed by atoms with Crippen LogP contribution in [0.15, 0.2) is 48.1 Å². The van der Waals surface area contributed by atoms with Gasteiger partial charge >= 0.3 is 0 Å². The van der Waals surface area contributed by atoms with E-state index in [-0.39, 0.29) is 5.69 Å². The van der Waals surface area contributed by atoms with Gasteiger partial charge in [0.25, 0.3) is 5.91 Å². The van der Waals surface area contributed by atoms with Gasteiger partial charge in [-0.2, -0.15) is 5.10 Å². The number of hydrogen-bond acceptors (Lipinski definition) is 7. The molecule has 9 heteroatoms. The molecule has 0 aliphatic heterocycles. The predicted octanol–water partition coefficient (Wildman–Crippen LogP) is 3.36. The van der Waals surface area contributed by atoms with E-state index in [4.69, 9.17) is 5.73 Å². The highest BCUT2D eigenvalue weighted by atomic mass is 32.1. The number of thiophene rings is 1. The van der Waals surface area contributed by atoms with Crippen LogP contribution in [-0.2, 0) is 13.1 Å². The zero-order chi connectivity index (χ0) is 19.5. The number of fused-ring (bicyclic) bond motifs is 1. The van der Waals surface area contributed by atoms with Crippen molar-refractivity contribution in [1.82, 2.24) is 20.0 Å². The second kappa shape index (κ2) is 7.65. The molecule has 3 heterocycles. The third-order valence-corrected chi connectivity index (χ3v) is 5.29. The Morgan fingerprint density at radius 1 is 1.29 bits per heavy atom. The summed E-state index contributed by atoms with van der Waals surface area (Å²) in [7, 11) is 0. The van der Waals surface area contributed by atoms with E-state index in [2.05, 4.69) is 49.5 Å². The topological polar surface area (TPSA) is 111 Å². The van der Waals surface area contributed by atoms with Gasteiger partial charge in [0, 0.05) is 30.1 Å². The third kappa shape index (κ3) is 3.65. The second-order valence-electron chi connectivity index (χ2n) is 6.18. The van der Waals surface area contributed by atoms with E-state index in [1.165, 1.54) is 10.1 Å². The van der Waals surface area contributed by atoms with Crippen LogP contribution >= 0.6 is 11.3 Å². The predicted molar refractivity (Wildman–Crippen MR) is 111 cm³/mol. The minimum Gasteiger partial charge on any atom is -0.379 e. The molecule has 0 radical (unpaired) electrons. The summed E-state index contributed by atoms with van der Waals surface area (Å²) in [6.45, 7) is 3.32. The zero-order valence-corrected chi connectivity index (χ0v) is 16.0. The molecule has 8 nitrogen and oxygen atoms in total. The van der Waals surface area contributed by atoms with E-state index < -0.39 is 5.91 Å². The summed E-state index contributed by atoms with van der Waals surface area (Å²) >= 11 is 1.69. The average molecular weight is 393 g/mol. The molecule has 142 valence electrons. The molecule has 0 saturated heterocycles. The van der Waals surface area contributed by atoms with Crippen LogP contribution in [0.2, 0.25) is 0 Å². The number of hydrogen-bond donors (Lipinski definition) is 3. The first-order valence-electron chi connectivity index (χ1n) is 8.80. The number of carbonyl (C=O) groups excluding carboxylic acids is 1. The fourth-order valence-electron chi connectivity index (χ4n) is 2.90. The van der Waals surface area contributed by atoms with Gasteiger partial charge in [-0.3, -0.25) is 9.48 Å². The highest BCUT2D eigenvalue weighted by Crippen LogP contribution is 2.26. The number of anilines is 3. The first-order valence-corrected chi connectivity index (χ1v) is 9.68. The van der Waals surface area contributed by atoms with E-state index >= 15 is 0 Å². The second-order valence-corrected chi connectivity index (χ2v) is 7.09. The molecule has 4 rings (SSSR count). The first-order chi connectivity index (χ1) is 13.6. The van der Waals surface area contributed by atoms with Gasteiger partial charge in [0.05, 0.1) is 17.6 Å². The molecule has 0 saturated carbocycles. The quantitative estimate of drug-likeness (QED) is 0.444. The first kappa shape index (κ1) is 17.9. The summed E-state index contributed by atoms with van der Waals surface area (Å²) in [4.78, 5) is 11.8. The molecule has 0 fully saturated rings. The molecule has 0 bridgehead atoms. The molecule has 1 amide bonds. The van der Waals surface area contributed by atoms with Crippen LogP contribution in [0.1, 0.15) is 23.0 Å². The molecule has 1 aromatic carbocycles. The fourth-order valence-corrected chi connectivity index (χ4v) is 3.82. The molecule has 0 atom stereocenters. The molecular weight excluding hydrogens is 374 g/mol. The molecular formula is C19H19N7OS. The number of aryl methyl sites for hydroxylation is 1. The van der Waals surface area contributed by atoms with Gasteiger partial charge in [0.1, 0.15) is 0 Å². The number of amides is 1. The molecule has 0 aliphatic rings. The van der Waals surface area contributed by atoms with Crippen LogP contribution in [0.25, 0.3) is 10.1 Å². The number of benzene rings is 1. The maximum atomic E-state index is 11.8. The van der Waals surface area contributed by atoms with Crippen molar-refractivity contribution >= 4 is 44.5 Å². The lowest BCUT2D eigenvalue weighted by molar-refractivity contribution is 0.0995. The van der Waals surface area contributed by atoms with E-state index in [1.807, 2.05) is 19.2 Å². The molecule has 0 spiro atoms. The molecule has 0 aliphatic carbocycles. The fraction of sp³-hybridized carbons (Fsp3) is 0.158. The Kier molecular flexibility index (Phi) is 4.90. The van der Waals surface area contributed by atoms with E-state index in [1.54, 1.807) is 28.3 Å². The van der Waals surface area contributed by atoms with Gasteiger partial charge < -0.3 is 16.4 Å². The number of rotatable bonds is 7. The van der Waals surface area contributed by atoms with Gasteiger partial charge in [0.2, 0.25) is 0 Å². The highest BCUT2D eigenvalue weighted by Gasteiger charge is 2.13. The van der Waals surface area contributed by atoms with Crippen molar-refractivity contribution in [3.05, 3.63) is 59.4 Å². The van der Waals surface area contributed by atoms with Gasteiger partial charge in [0.15, 0.2) is 11.5 Å². The minimum atomic E-state index is -0.630. The molecule has 28 heavy (non-hydrogen) atoms. The molecule has 4 aromatic rings. The third-order valence-electron chi connectivity index (χ3n) is 4.29. The normalized spacial score (nSPS) is 10.9. The van der Waals surface area contributed by atoms with Gasteiger partial charge in [-0.1, -0.05) is 18.2 Å². The van der Waals surface area contributed by atoms with Gasteiger partial charge in [-0.25, -0.2) is 0 Å². The summed E-state index contributed by atoms with van der Waals surface area (Å²) in [6.07, 6.45) is 3.58. The number of nitrogens with zero attached hydrogens (tertiary/aromatic N) is 4. The Hall–Kier alpha value is -3.46. The van der Waals surface area contributed by atoms with Crippen molar-refractivity contribution in [2.45, 2.75) is 20.0 Å². The smallest absolute Gasteiger partial charge is 0.271 e. The van der Waals surface area contributed by atoms with Crippen molar-refractivity contribution in [3.8, 4) is 0 Å². The van der Waals surface area contributed by atoms with Crippen molar-refractivity contribution in [1.29, 1.82) is 0 Å². The van der Waals surface area contributed by atoms with Gasteiger partial charge in [-0.15, -0.1) is 21.5 Å². The summed E-state index contributed by atoms with van der Waals surface area (Å²) in [5.74, 6) is -0.132. The van der Waals surface area contributed by atoms with Crippen LogP contribution in [0, 0.1) is 0 Å². The number of carbonyl (C=O) groups is 1. The van der Waals surface area contributed by atoms with Crippen molar-refractivity contribution in [3.63, 3.8) is 0 Å². The lowest BCUT2D eigenvalue weighted by atomic mass is 10.1. The van der Waals surface area contributed by atoms with Crippen molar-refractivity contribution < 1.29 is 4.79 Å². The highest BCUT2D eigenvalue weighted by molar-refractivity contribution is 7.17. The standard InChI is InChI=1S/C19H19N7OS/c1-2-26-11-14(10-22-26)23-16-8-15(17(19(20)27)25-24-16)21-9-13-5-3-4-12-6-7-28-18(12)13/h3-8,10-11H,2,9H2,1H3,(H2,20,27)(H2,21,23,24). The Morgan fingerprint density at radius 2 is 2.18 bits per heavy atom. The van der Waals surface area contributed by atoms with Crippen molar-refractivity contribution in [2.24, 2.45) is 5.73 Å². The largest absolute Gasteiger partial charge is 0.379 e. The van der Waals surface area contributed by atoms with Crippen LogP contribution < -0.4 is 16.4 Å². The molecule has 4 N–H and O–H groups in total. The van der Waals surface area contributed by atoms with Crippen LogP contribution in [0.4, 0.5) is 17.2 Å². The minimum absolute atomic E-state index is 0.105. The number of primary amides is 1. The Labute approximate surface area is 165 Å². The summed E-state index contributed by atoms with van der Waals surface area (Å²) in [6, 6.07) is 9.97. The van der Waals surface area contributed by atoms with Crippen LogP contribution in [-0.4, -0.2) is 25.9 Å². The Bertz CT molecular complexity index is 1130. The Balaban J connectivity index is 1.58. The summed E-state index contributed by atoms with van der Waals surface area (Å²) < 4.78 is 3.01. The SMILES string of the molecule is CCn1cc(Nc2cc(NCc3cccc4ccsc34)c(C(N)=O)nn2)cn1. The molecule has 0 unspecified atom stereocenters. The number of aromatic nitrogens is 4. The average Bonchev–Trinajstić information content (AvgIpc) is 3.35. The maximum absolute atomic E-state index is 11.8. The van der Waals surface area contributed by atoms with Gasteiger partial charge in [-0.05, 0) is 29.3 Å². The van der Waals surface area contributed by atoms with Crippen molar-refractivity contribution in [2.75, 3.05) is 10.6 Å². The van der Waals surface area contributed by atoms with Crippen LogP contribution in [0.5, 0.6) is 0 Å².